The first kappa shape index (κ1) is 27.3. The van der Waals surface area contributed by atoms with Crippen LogP contribution in [-0.4, -0.2) is 37.3 Å². The number of rotatable bonds is 8. The summed E-state index contributed by atoms with van der Waals surface area (Å²) in [5, 5.41) is 0.436. The Morgan fingerprint density at radius 2 is 1.84 bits per heavy atom. The average molecular weight is 555 g/mol. The summed E-state index contributed by atoms with van der Waals surface area (Å²) in [5.41, 5.74) is 2.21. The maximum atomic E-state index is 13.9. The number of fused-ring (bicyclic) bond motifs is 1. The van der Waals surface area contributed by atoms with Crippen molar-refractivity contribution in [3.05, 3.63) is 95.1 Å². The highest BCUT2D eigenvalue weighted by Gasteiger charge is 2.36. The number of nitrogens with zero attached hydrogens (tertiary/aromatic N) is 2. The largest absolute Gasteiger partial charge is 0.496 e. The van der Waals surface area contributed by atoms with E-state index in [-0.39, 0.29) is 17.7 Å². The van der Waals surface area contributed by atoms with E-state index in [0.717, 1.165) is 12.0 Å². The van der Waals surface area contributed by atoms with Crippen molar-refractivity contribution >= 4 is 41.0 Å². The van der Waals surface area contributed by atoms with Gasteiger partial charge < -0.3 is 14.2 Å². The van der Waals surface area contributed by atoms with Crippen LogP contribution >= 0.6 is 22.9 Å². The van der Waals surface area contributed by atoms with E-state index >= 15 is 0 Å². The normalized spacial score (nSPS) is 15.1. The Kier molecular flexibility index (Phi) is 8.48. The zero-order valence-corrected chi connectivity index (χ0v) is 23.0. The number of methoxy groups -OCH3 is 2. The summed E-state index contributed by atoms with van der Waals surface area (Å²) >= 11 is 7.59. The number of benzene rings is 2. The predicted molar refractivity (Wildman–Crippen MR) is 145 cm³/mol. The van der Waals surface area contributed by atoms with Crippen molar-refractivity contribution in [1.29, 1.82) is 0 Å². The molecular formula is C28H27ClN2O6S. The zero-order valence-electron chi connectivity index (χ0n) is 21.4. The Hall–Kier alpha value is -3.69. The maximum absolute atomic E-state index is 13.9. The van der Waals surface area contributed by atoms with Crippen molar-refractivity contribution in [2.24, 2.45) is 4.99 Å². The summed E-state index contributed by atoms with van der Waals surface area (Å²) in [6.07, 6.45) is 2.99. The Balaban J connectivity index is 1.98. The van der Waals surface area contributed by atoms with Gasteiger partial charge in [-0.05, 0) is 55.3 Å². The summed E-state index contributed by atoms with van der Waals surface area (Å²) in [6, 6.07) is 11.0. The molecular weight excluding hydrogens is 528 g/mol. The molecule has 0 spiro atoms. The molecule has 1 aromatic heterocycles. The Morgan fingerprint density at radius 3 is 2.47 bits per heavy atom. The minimum Gasteiger partial charge on any atom is -0.496 e. The fourth-order valence-electron chi connectivity index (χ4n) is 4.32. The van der Waals surface area contributed by atoms with Crippen LogP contribution in [0.1, 0.15) is 54.2 Å². The number of ether oxygens (including phenoxy) is 3. The van der Waals surface area contributed by atoms with Crippen molar-refractivity contribution in [2.75, 3.05) is 20.8 Å². The van der Waals surface area contributed by atoms with Crippen LogP contribution < -0.4 is 19.6 Å². The van der Waals surface area contributed by atoms with Crippen LogP contribution in [0.3, 0.4) is 0 Å². The number of carbonyl (C=O) groups is 2. The Bertz CT molecular complexity index is 1590. The number of halogens is 1. The number of aromatic nitrogens is 1. The molecule has 0 amide bonds. The van der Waals surface area contributed by atoms with Crippen LogP contribution in [0.15, 0.2) is 63.5 Å². The average Bonchev–Trinajstić information content (AvgIpc) is 3.22. The molecule has 0 bridgehead atoms. The number of carbonyl (C=O) groups excluding carboxylic acids is 2. The van der Waals surface area contributed by atoms with Gasteiger partial charge in [-0.2, -0.15) is 0 Å². The summed E-state index contributed by atoms with van der Waals surface area (Å²) < 4.78 is 17.7. The molecule has 38 heavy (non-hydrogen) atoms. The number of hydrogen-bond acceptors (Lipinski definition) is 8. The van der Waals surface area contributed by atoms with Gasteiger partial charge in [0.15, 0.2) is 4.80 Å². The van der Waals surface area contributed by atoms with Gasteiger partial charge in [-0.15, -0.1) is 0 Å². The molecule has 10 heteroatoms. The lowest BCUT2D eigenvalue weighted by Crippen LogP contribution is -2.40. The molecule has 3 aromatic rings. The Labute approximate surface area is 228 Å². The molecule has 2 heterocycles. The van der Waals surface area contributed by atoms with E-state index in [4.69, 9.17) is 30.8 Å². The zero-order chi connectivity index (χ0) is 27.4. The van der Waals surface area contributed by atoms with Gasteiger partial charge in [-0.25, -0.2) is 14.6 Å². The van der Waals surface area contributed by atoms with Crippen LogP contribution in [0.5, 0.6) is 5.75 Å². The van der Waals surface area contributed by atoms with Crippen LogP contribution in [0, 0.1) is 0 Å². The fourth-order valence-corrected chi connectivity index (χ4v) is 5.52. The molecule has 198 valence electrons. The molecule has 0 N–H and O–H groups in total. The molecule has 0 aliphatic carbocycles. The van der Waals surface area contributed by atoms with Gasteiger partial charge in [0.25, 0.3) is 5.56 Å². The molecule has 0 radical (unpaired) electrons. The predicted octanol–water partition coefficient (Wildman–Crippen LogP) is 4.03. The lowest BCUT2D eigenvalue weighted by Gasteiger charge is -2.27. The minimum atomic E-state index is -0.843. The first-order valence-corrected chi connectivity index (χ1v) is 13.3. The number of allylic oxidation sites excluding steroid dienone is 1. The monoisotopic (exact) mass is 554 g/mol. The van der Waals surface area contributed by atoms with Crippen molar-refractivity contribution < 1.29 is 23.8 Å². The summed E-state index contributed by atoms with van der Waals surface area (Å²) in [6.45, 7) is 3.90. The van der Waals surface area contributed by atoms with Crippen molar-refractivity contribution in [3.63, 3.8) is 0 Å². The topological polar surface area (TPSA) is 96.2 Å². The highest BCUT2D eigenvalue weighted by molar-refractivity contribution is 7.07. The van der Waals surface area contributed by atoms with Gasteiger partial charge in [0.2, 0.25) is 0 Å². The molecule has 8 nitrogen and oxygen atoms in total. The first-order valence-electron chi connectivity index (χ1n) is 12.1. The lowest BCUT2D eigenvalue weighted by atomic mass is 9.93. The summed E-state index contributed by atoms with van der Waals surface area (Å²) in [5.74, 6) is -0.507. The smallest absolute Gasteiger partial charge is 0.338 e. The second kappa shape index (κ2) is 11.8. The first-order chi connectivity index (χ1) is 18.3. The molecule has 0 fully saturated rings. The standard InChI is InChI=1S/C28H27ClN2O6S/c1-5-7-20-23(27(34)37-6-2)24(19-15-18(29)12-13-21(19)35-3)31-25(32)22(38-28(31)30-20)14-16-8-10-17(11-9-16)26(33)36-4/h8-15,24H,5-7H2,1-4H3/b22-14+/t24-/m0/s1. The van der Waals surface area contributed by atoms with E-state index in [0.29, 0.717) is 43.4 Å². The number of hydrogen-bond donors (Lipinski definition) is 0. The van der Waals surface area contributed by atoms with E-state index in [1.807, 2.05) is 6.92 Å². The van der Waals surface area contributed by atoms with E-state index in [9.17, 15) is 14.4 Å². The van der Waals surface area contributed by atoms with Crippen LogP contribution in [-0.2, 0) is 14.3 Å². The lowest BCUT2D eigenvalue weighted by molar-refractivity contribution is -0.139. The van der Waals surface area contributed by atoms with E-state index in [1.165, 1.54) is 30.1 Å². The van der Waals surface area contributed by atoms with Crippen LogP contribution in [0.2, 0.25) is 5.02 Å². The second-order valence-electron chi connectivity index (χ2n) is 8.41. The molecule has 2 aromatic carbocycles. The summed E-state index contributed by atoms with van der Waals surface area (Å²) in [4.78, 5) is 44.1. The van der Waals surface area contributed by atoms with E-state index < -0.39 is 18.0 Å². The molecule has 1 aliphatic heterocycles. The molecule has 0 unspecified atom stereocenters. The van der Waals surface area contributed by atoms with Gasteiger partial charge in [-0.1, -0.05) is 48.4 Å². The van der Waals surface area contributed by atoms with E-state index in [1.54, 1.807) is 55.5 Å². The van der Waals surface area contributed by atoms with Crippen LogP contribution in [0.4, 0.5) is 0 Å². The van der Waals surface area contributed by atoms with Crippen LogP contribution in [0.25, 0.3) is 6.08 Å². The molecule has 1 aliphatic rings. The van der Waals surface area contributed by atoms with Gasteiger partial charge in [0, 0.05) is 10.6 Å². The highest BCUT2D eigenvalue weighted by atomic mass is 35.5. The molecule has 4 rings (SSSR count). The van der Waals surface area contributed by atoms with Gasteiger partial charge >= 0.3 is 11.9 Å². The molecule has 0 saturated heterocycles. The van der Waals surface area contributed by atoms with E-state index in [2.05, 4.69) is 0 Å². The van der Waals surface area contributed by atoms with Gasteiger partial charge in [0.05, 0.1) is 42.2 Å². The number of thiazole rings is 1. The van der Waals surface area contributed by atoms with Crippen molar-refractivity contribution in [1.82, 2.24) is 4.57 Å². The minimum absolute atomic E-state index is 0.174. The van der Waals surface area contributed by atoms with Gasteiger partial charge in [0.1, 0.15) is 11.8 Å². The Morgan fingerprint density at radius 1 is 1.11 bits per heavy atom. The fraction of sp³-hybridized carbons (Fsp3) is 0.286. The van der Waals surface area contributed by atoms with Crippen molar-refractivity contribution in [2.45, 2.75) is 32.7 Å². The quantitative estimate of drug-likeness (QED) is 0.390. The van der Waals surface area contributed by atoms with Gasteiger partial charge in [-0.3, -0.25) is 9.36 Å². The third-order valence-corrected chi connectivity index (χ3v) is 7.23. The maximum Gasteiger partial charge on any atom is 0.338 e. The number of esters is 2. The summed E-state index contributed by atoms with van der Waals surface area (Å²) in [7, 11) is 2.84. The second-order valence-corrected chi connectivity index (χ2v) is 9.86. The molecule has 1 atom stereocenters. The highest BCUT2D eigenvalue weighted by Crippen LogP contribution is 2.38. The molecule has 0 saturated carbocycles. The third-order valence-electron chi connectivity index (χ3n) is 6.01. The SMILES string of the molecule is CCCC1=C(C(=O)OCC)[C@H](c2cc(Cl)ccc2OC)n2c(s/c(=C/c3ccc(C(=O)OC)cc3)c2=O)=N1. The van der Waals surface area contributed by atoms with Crippen molar-refractivity contribution in [3.8, 4) is 5.75 Å². The third kappa shape index (κ3) is 5.30.